The summed E-state index contributed by atoms with van der Waals surface area (Å²) in [6, 6.07) is 24.1. The molecule has 2 aliphatic rings. The Kier molecular flexibility index (Phi) is 6.42. The van der Waals surface area contributed by atoms with E-state index >= 15 is 0 Å². The highest BCUT2D eigenvalue weighted by Crippen LogP contribution is 2.48. The SMILES string of the molecule is CC(=O)CN1c2ccccc2NC2=C(C(=O)CC(C)(C)C2)C1c1ccc(C(=O)Nc2ccccc2)cc1. The lowest BCUT2D eigenvalue weighted by molar-refractivity contribution is -0.119. The Hall–Kier alpha value is -4.19. The minimum Gasteiger partial charge on any atom is -0.357 e. The number of benzene rings is 3. The largest absolute Gasteiger partial charge is 0.357 e. The second-order valence-corrected chi connectivity index (χ2v) is 10.6. The Morgan fingerprint density at radius 3 is 2.32 bits per heavy atom. The van der Waals surface area contributed by atoms with Gasteiger partial charge in [0, 0.05) is 28.9 Å². The quantitative estimate of drug-likeness (QED) is 0.446. The molecule has 0 saturated carbocycles. The number of rotatable bonds is 5. The van der Waals surface area contributed by atoms with Gasteiger partial charge in [0.25, 0.3) is 5.91 Å². The minimum absolute atomic E-state index is 0.00583. The Morgan fingerprint density at radius 1 is 0.946 bits per heavy atom. The van der Waals surface area contributed by atoms with Gasteiger partial charge in [-0.15, -0.1) is 0 Å². The number of nitrogens with zero attached hydrogens (tertiary/aromatic N) is 1. The number of hydrogen-bond donors (Lipinski definition) is 2. The molecule has 0 fully saturated rings. The molecular weight excluding hydrogens is 462 g/mol. The molecule has 1 aliphatic heterocycles. The second-order valence-electron chi connectivity index (χ2n) is 10.6. The highest BCUT2D eigenvalue weighted by Gasteiger charge is 2.41. The number of para-hydroxylation sites is 3. The van der Waals surface area contributed by atoms with Gasteiger partial charge in [-0.05, 0) is 60.7 Å². The molecule has 3 aromatic rings. The lowest BCUT2D eigenvalue weighted by Crippen LogP contribution is -2.38. The molecule has 1 aliphatic carbocycles. The molecular formula is C31H31N3O3. The molecule has 0 saturated heterocycles. The third-order valence-corrected chi connectivity index (χ3v) is 6.92. The number of nitrogens with one attached hydrogen (secondary N) is 2. The highest BCUT2D eigenvalue weighted by molar-refractivity contribution is 6.04. The maximum absolute atomic E-state index is 13.7. The molecule has 188 valence electrons. The van der Waals surface area contributed by atoms with E-state index in [0.717, 1.165) is 34.7 Å². The van der Waals surface area contributed by atoms with Crippen molar-refractivity contribution in [3.05, 3.63) is 101 Å². The van der Waals surface area contributed by atoms with Crippen molar-refractivity contribution in [1.82, 2.24) is 0 Å². The number of amides is 1. The maximum Gasteiger partial charge on any atom is 0.255 e. The molecule has 1 heterocycles. The summed E-state index contributed by atoms with van der Waals surface area (Å²) in [5, 5.41) is 6.46. The number of allylic oxidation sites excluding steroid dienone is 1. The lowest BCUT2D eigenvalue weighted by atomic mass is 9.73. The van der Waals surface area contributed by atoms with Crippen LogP contribution in [0.1, 0.15) is 55.6 Å². The van der Waals surface area contributed by atoms with Crippen LogP contribution in [0.2, 0.25) is 0 Å². The van der Waals surface area contributed by atoms with Gasteiger partial charge in [0.15, 0.2) is 5.78 Å². The number of anilines is 3. The van der Waals surface area contributed by atoms with Crippen molar-refractivity contribution >= 4 is 34.5 Å². The van der Waals surface area contributed by atoms with Gasteiger partial charge in [-0.25, -0.2) is 0 Å². The van der Waals surface area contributed by atoms with E-state index in [9.17, 15) is 14.4 Å². The molecule has 37 heavy (non-hydrogen) atoms. The van der Waals surface area contributed by atoms with Gasteiger partial charge in [-0.1, -0.05) is 56.3 Å². The summed E-state index contributed by atoms with van der Waals surface area (Å²) >= 11 is 0. The van der Waals surface area contributed by atoms with Crippen molar-refractivity contribution < 1.29 is 14.4 Å². The van der Waals surface area contributed by atoms with Gasteiger partial charge >= 0.3 is 0 Å². The van der Waals surface area contributed by atoms with E-state index in [1.54, 1.807) is 19.1 Å². The Balaban J connectivity index is 1.59. The van der Waals surface area contributed by atoms with Crippen molar-refractivity contribution in [2.45, 2.75) is 39.7 Å². The van der Waals surface area contributed by atoms with Crippen LogP contribution in [-0.4, -0.2) is 24.0 Å². The summed E-state index contributed by atoms with van der Waals surface area (Å²) in [5.41, 5.74) is 5.27. The molecule has 1 unspecified atom stereocenters. The first-order valence-electron chi connectivity index (χ1n) is 12.6. The van der Waals surface area contributed by atoms with Crippen LogP contribution in [0.15, 0.2) is 90.1 Å². The van der Waals surface area contributed by atoms with Gasteiger partial charge in [0.2, 0.25) is 0 Å². The molecule has 1 atom stereocenters. The summed E-state index contributed by atoms with van der Waals surface area (Å²) in [6.07, 6.45) is 1.16. The molecule has 0 radical (unpaired) electrons. The average Bonchev–Trinajstić information content (AvgIpc) is 2.98. The number of fused-ring (bicyclic) bond motifs is 1. The Bertz CT molecular complexity index is 1390. The Morgan fingerprint density at radius 2 is 1.62 bits per heavy atom. The van der Waals surface area contributed by atoms with Crippen LogP contribution in [0.25, 0.3) is 0 Å². The summed E-state index contributed by atoms with van der Waals surface area (Å²) in [6.45, 7) is 5.94. The van der Waals surface area contributed by atoms with E-state index in [4.69, 9.17) is 0 Å². The van der Waals surface area contributed by atoms with Crippen LogP contribution < -0.4 is 15.5 Å². The first-order chi connectivity index (χ1) is 17.7. The van der Waals surface area contributed by atoms with Crippen LogP contribution in [0.5, 0.6) is 0 Å². The molecule has 3 aromatic carbocycles. The monoisotopic (exact) mass is 493 g/mol. The first-order valence-corrected chi connectivity index (χ1v) is 12.6. The number of carbonyl (C=O) groups excluding carboxylic acids is 3. The van der Waals surface area contributed by atoms with E-state index in [1.807, 2.05) is 71.6 Å². The van der Waals surface area contributed by atoms with Crippen molar-refractivity contribution in [3.8, 4) is 0 Å². The predicted molar refractivity (Wildman–Crippen MR) is 147 cm³/mol. The molecule has 6 heteroatoms. The number of Topliss-reactive ketones (excluding diaryl/α,β-unsaturated/α-hetero) is 2. The second kappa shape index (κ2) is 9.69. The molecule has 0 aromatic heterocycles. The maximum atomic E-state index is 13.7. The van der Waals surface area contributed by atoms with E-state index in [2.05, 4.69) is 24.5 Å². The van der Waals surface area contributed by atoms with Gasteiger partial charge in [0.05, 0.1) is 24.0 Å². The fraction of sp³-hybridized carbons (Fsp3) is 0.258. The molecule has 0 spiro atoms. The highest BCUT2D eigenvalue weighted by atomic mass is 16.1. The third kappa shape index (κ3) is 5.05. The van der Waals surface area contributed by atoms with E-state index < -0.39 is 6.04 Å². The van der Waals surface area contributed by atoms with Crippen molar-refractivity contribution in [2.24, 2.45) is 5.41 Å². The van der Waals surface area contributed by atoms with Crippen LogP contribution >= 0.6 is 0 Å². The summed E-state index contributed by atoms with van der Waals surface area (Å²) in [5.74, 6) is -0.121. The molecule has 5 rings (SSSR count). The third-order valence-electron chi connectivity index (χ3n) is 6.92. The average molecular weight is 494 g/mol. The molecule has 1 amide bonds. The summed E-state index contributed by atoms with van der Waals surface area (Å²) in [7, 11) is 0. The van der Waals surface area contributed by atoms with E-state index in [0.29, 0.717) is 17.6 Å². The lowest BCUT2D eigenvalue weighted by Gasteiger charge is -2.37. The number of ketones is 2. The fourth-order valence-electron chi connectivity index (χ4n) is 5.36. The summed E-state index contributed by atoms with van der Waals surface area (Å²) < 4.78 is 0. The van der Waals surface area contributed by atoms with E-state index in [-0.39, 0.29) is 29.4 Å². The topological polar surface area (TPSA) is 78.5 Å². The predicted octanol–water partition coefficient (Wildman–Crippen LogP) is 6.14. The molecule has 6 nitrogen and oxygen atoms in total. The van der Waals surface area contributed by atoms with Gasteiger partial charge in [0.1, 0.15) is 5.78 Å². The van der Waals surface area contributed by atoms with Crippen molar-refractivity contribution in [2.75, 3.05) is 22.1 Å². The molecule has 2 N–H and O–H groups in total. The van der Waals surface area contributed by atoms with Gasteiger partial charge < -0.3 is 15.5 Å². The smallest absolute Gasteiger partial charge is 0.255 e. The fourth-order valence-corrected chi connectivity index (χ4v) is 5.36. The van der Waals surface area contributed by atoms with Crippen molar-refractivity contribution in [3.63, 3.8) is 0 Å². The summed E-state index contributed by atoms with van der Waals surface area (Å²) in [4.78, 5) is 41.0. The van der Waals surface area contributed by atoms with Gasteiger partial charge in [-0.3, -0.25) is 14.4 Å². The van der Waals surface area contributed by atoms with Crippen LogP contribution in [0.3, 0.4) is 0 Å². The molecule has 0 bridgehead atoms. The van der Waals surface area contributed by atoms with Crippen LogP contribution in [0.4, 0.5) is 17.1 Å². The van der Waals surface area contributed by atoms with Crippen LogP contribution in [-0.2, 0) is 9.59 Å². The number of hydrogen-bond acceptors (Lipinski definition) is 5. The number of carbonyl (C=O) groups is 3. The van der Waals surface area contributed by atoms with Crippen molar-refractivity contribution in [1.29, 1.82) is 0 Å². The Labute approximate surface area is 217 Å². The minimum atomic E-state index is -0.454. The van der Waals surface area contributed by atoms with Gasteiger partial charge in [-0.2, -0.15) is 0 Å². The zero-order valence-corrected chi connectivity index (χ0v) is 21.4. The zero-order chi connectivity index (χ0) is 26.2. The zero-order valence-electron chi connectivity index (χ0n) is 21.4. The van der Waals surface area contributed by atoms with Crippen LogP contribution in [0, 0.1) is 5.41 Å². The standard InChI is InChI=1S/C31H31N3O3/c1-20(35)19-34-26-12-8-7-11-24(26)33-25-17-31(2,3)18-27(36)28(25)29(34)21-13-15-22(16-14-21)30(37)32-23-9-5-4-6-10-23/h4-16,29,33H,17-19H2,1-3H3,(H,32,37). The van der Waals surface area contributed by atoms with E-state index in [1.165, 1.54) is 0 Å². The normalized spacial score (nSPS) is 18.3. The first kappa shape index (κ1) is 24.5.